The van der Waals surface area contributed by atoms with Crippen LogP contribution in [0.3, 0.4) is 0 Å². The maximum Gasteiger partial charge on any atom is 0.105 e. The van der Waals surface area contributed by atoms with Crippen molar-refractivity contribution in [3.8, 4) is 0 Å². The maximum absolute atomic E-state index is 8.71. The Hall–Kier alpha value is 1.05. The highest BCUT2D eigenvalue weighted by atomic mass is 33.2. The molecule has 0 rings (SSSR count). The van der Waals surface area contributed by atoms with E-state index in [1.165, 1.54) is 8.44 Å². The fourth-order valence-electron chi connectivity index (χ4n) is 0. The summed E-state index contributed by atoms with van der Waals surface area (Å²) in [4.78, 5) is 8.23. The van der Waals surface area contributed by atoms with Crippen LogP contribution in [0.2, 0.25) is 0 Å². The van der Waals surface area contributed by atoms with Gasteiger partial charge in [0, 0.05) is 6.26 Å². The van der Waals surface area contributed by atoms with Crippen molar-refractivity contribution in [2.75, 3.05) is 6.26 Å². The van der Waals surface area contributed by atoms with Gasteiger partial charge in [0.05, 0.1) is 0 Å². The van der Waals surface area contributed by atoms with E-state index in [-0.39, 0.29) is 0 Å². The molecule has 0 aromatic heterocycles. The van der Waals surface area contributed by atoms with Gasteiger partial charge in [0.25, 0.3) is 0 Å². The molecular formula is CH10O4P2S. The molecule has 0 radical (unpaired) electrons. The van der Waals surface area contributed by atoms with Crippen molar-refractivity contribution in [3.05, 3.63) is 0 Å². The average molecular weight is 180 g/mol. The molecule has 54 valence electrons. The van der Waals surface area contributed by atoms with Crippen LogP contribution in [0, 0.1) is 0 Å². The first-order chi connectivity index (χ1) is 3.04. The summed E-state index contributed by atoms with van der Waals surface area (Å²) in [5.41, 5.74) is 0. The molecule has 7 heteroatoms. The first kappa shape index (κ1) is 9.05. The Morgan fingerprint density at radius 3 is 1.50 bits per heavy atom. The Balaban J connectivity index is 4.50. The molecule has 0 bridgehead atoms. The third-order valence-electron chi connectivity index (χ3n) is 0.266. The van der Waals surface area contributed by atoms with E-state index in [0.29, 0.717) is 0 Å². The van der Waals surface area contributed by atoms with Crippen molar-refractivity contribution in [2.45, 2.75) is 0 Å². The van der Waals surface area contributed by atoms with E-state index in [2.05, 4.69) is 0 Å². The Morgan fingerprint density at radius 2 is 1.50 bits per heavy atom. The number of rotatable bonds is 1. The van der Waals surface area contributed by atoms with Gasteiger partial charge in [-0.2, -0.15) is 0 Å². The van der Waals surface area contributed by atoms with Crippen molar-refractivity contribution in [1.29, 1.82) is 0 Å². The molecule has 2 unspecified atom stereocenters. The molecule has 0 aliphatic carbocycles. The fraction of sp³-hybridized carbons (Fsp3) is 1.00. The highest BCUT2D eigenvalue weighted by Gasteiger charge is 2.42. The van der Waals surface area contributed by atoms with Gasteiger partial charge in [0.1, 0.15) is 8.01 Å². The van der Waals surface area contributed by atoms with Crippen molar-refractivity contribution in [2.24, 2.45) is 0 Å². The maximum atomic E-state index is 8.71. The molecule has 0 saturated heterocycles. The first-order valence-electron chi connectivity index (χ1n) is 1.62. The minimum atomic E-state index is -5.00. The van der Waals surface area contributed by atoms with Crippen LogP contribution in [-0.2, 0) is 0 Å². The molecule has 0 aliphatic rings. The SMILES string of the molecule is CS(O)(O)(O)(P)PO. The van der Waals surface area contributed by atoms with Crippen molar-refractivity contribution >= 4 is 24.8 Å². The van der Waals surface area contributed by atoms with Crippen LogP contribution < -0.4 is 0 Å². The molecular weight excluding hydrogens is 170 g/mol. The van der Waals surface area contributed by atoms with E-state index >= 15 is 0 Å². The first-order valence-corrected chi connectivity index (χ1v) is 7.50. The topological polar surface area (TPSA) is 80.9 Å². The molecule has 4 N–H and O–H groups in total. The lowest BCUT2D eigenvalue weighted by Crippen LogP contribution is -2.17. The number of hydrogen-bond acceptors (Lipinski definition) is 4. The van der Waals surface area contributed by atoms with E-state index < -0.39 is 16.4 Å². The van der Waals surface area contributed by atoms with Crippen molar-refractivity contribution < 1.29 is 18.6 Å². The van der Waals surface area contributed by atoms with E-state index in [0.717, 1.165) is 6.26 Å². The fourth-order valence-corrected chi connectivity index (χ4v) is 0. The molecule has 0 amide bonds. The highest BCUT2D eigenvalue weighted by Crippen LogP contribution is 2.94. The zero-order chi connectivity index (χ0) is 7.12. The molecule has 0 aromatic carbocycles. The Kier molecular flexibility index (Phi) is 1.56. The second-order valence-electron chi connectivity index (χ2n) is 2.03. The molecule has 0 aliphatic heterocycles. The molecule has 0 saturated carbocycles. The van der Waals surface area contributed by atoms with Gasteiger partial charge in [0.2, 0.25) is 0 Å². The van der Waals surface area contributed by atoms with Gasteiger partial charge in [-0.15, -0.1) is 0 Å². The van der Waals surface area contributed by atoms with Crippen molar-refractivity contribution in [3.63, 3.8) is 0 Å². The third kappa shape index (κ3) is 7.05. The van der Waals surface area contributed by atoms with Crippen LogP contribution in [0.5, 0.6) is 0 Å². The highest BCUT2D eigenvalue weighted by molar-refractivity contribution is 9.07. The summed E-state index contributed by atoms with van der Waals surface area (Å²) in [6.07, 6.45) is 0.795. The van der Waals surface area contributed by atoms with E-state index in [1.54, 1.807) is 0 Å². The third-order valence-corrected chi connectivity index (χ3v) is 3.35. The predicted octanol–water partition coefficient (Wildman–Crippen LogP) is 1.20. The predicted molar refractivity (Wildman–Crippen MR) is 41.6 cm³/mol. The zero-order valence-electron chi connectivity index (χ0n) is 4.27. The van der Waals surface area contributed by atoms with E-state index in [1.807, 2.05) is 0 Å². The Labute approximate surface area is 50.4 Å². The van der Waals surface area contributed by atoms with E-state index in [4.69, 9.17) is 18.6 Å². The second kappa shape index (κ2) is 1.38. The monoisotopic (exact) mass is 180 g/mol. The second-order valence-corrected chi connectivity index (χ2v) is 15.7. The van der Waals surface area contributed by atoms with Gasteiger partial charge in [0.15, 0.2) is 0 Å². The molecule has 0 heterocycles. The van der Waals surface area contributed by atoms with Gasteiger partial charge >= 0.3 is 0 Å². The lowest BCUT2D eigenvalue weighted by atomic mass is 12.0. The zero-order valence-corrected chi connectivity index (χ0v) is 7.25. The van der Waals surface area contributed by atoms with Crippen LogP contribution in [0.1, 0.15) is 0 Å². The van der Waals surface area contributed by atoms with Gasteiger partial charge < -0.3 is 18.6 Å². The normalized spacial score (nSPS) is 23.2. The lowest BCUT2D eigenvalue weighted by Gasteiger charge is -2.58. The summed E-state index contributed by atoms with van der Waals surface area (Å²) < 4.78 is 26.1. The summed E-state index contributed by atoms with van der Waals surface area (Å²) in [5.74, 6) is 0. The van der Waals surface area contributed by atoms with Gasteiger partial charge in [-0.25, -0.2) is 0 Å². The minimum absolute atomic E-state index is 0.795. The standard InChI is InChI=1S/CH10O4P2S/c1-8(3,4,5,6)7-2/h2-5,7H,6H2,1H3. The van der Waals surface area contributed by atoms with Crippen LogP contribution >= 0.6 is 24.8 Å². The molecule has 8 heavy (non-hydrogen) atoms. The van der Waals surface area contributed by atoms with E-state index in [9.17, 15) is 0 Å². The van der Waals surface area contributed by atoms with Crippen LogP contribution in [0.4, 0.5) is 0 Å². The van der Waals surface area contributed by atoms with Crippen LogP contribution in [0.25, 0.3) is 0 Å². The Bertz CT molecular complexity index is 97.2. The molecule has 0 aromatic rings. The van der Waals surface area contributed by atoms with Gasteiger partial charge in [-0.05, 0) is 16.8 Å². The smallest absolute Gasteiger partial charge is 0.105 e. The molecule has 0 spiro atoms. The molecule has 0 fully saturated rings. The van der Waals surface area contributed by atoms with Crippen LogP contribution in [0.15, 0.2) is 0 Å². The largest absolute Gasteiger partial charge is 0.363 e. The molecule has 2 atom stereocenters. The average Bonchev–Trinajstić information content (AvgIpc) is 1.30. The molecule has 4 nitrogen and oxygen atoms in total. The quantitative estimate of drug-likeness (QED) is 0.457. The summed E-state index contributed by atoms with van der Waals surface area (Å²) in [6, 6.07) is 0. The minimum Gasteiger partial charge on any atom is -0.363 e. The lowest BCUT2D eigenvalue weighted by molar-refractivity contribution is 0.360. The summed E-state index contributed by atoms with van der Waals surface area (Å²) in [5, 5.41) is 0. The van der Waals surface area contributed by atoms with Crippen LogP contribution in [-0.4, -0.2) is 24.8 Å². The van der Waals surface area contributed by atoms with Gasteiger partial charge in [-0.3, -0.25) is 0 Å². The summed E-state index contributed by atoms with van der Waals surface area (Å²) >= 11 is 0. The Morgan fingerprint density at radius 1 is 1.38 bits per heavy atom. The summed E-state index contributed by atoms with van der Waals surface area (Å²) in [7, 11) is -4.83. The number of hydrogen-bond donors (Lipinski definition) is 4. The summed E-state index contributed by atoms with van der Waals surface area (Å²) in [6.45, 7) is 0. The van der Waals surface area contributed by atoms with Crippen molar-refractivity contribution in [1.82, 2.24) is 0 Å². The van der Waals surface area contributed by atoms with Gasteiger partial charge in [-0.1, -0.05) is 0 Å².